The number of benzene rings is 2. The van der Waals surface area contributed by atoms with E-state index in [2.05, 4.69) is 5.32 Å². The van der Waals surface area contributed by atoms with E-state index in [1.165, 1.54) is 25.1 Å². The average Bonchev–Trinajstić information content (AvgIpc) is 3.10. The first-order chi connectivity index (χ1) is 12.9. The number of carbonyl (C=O) groups is 2. The number of rotatable bonds is 5. The van der Waals surface area contributed by atoms with Gasteiger partial charge in [-0.25, -0.2) is 9.18 Å². The zero-order valence-corrected chi connectivity index (χ0v) is 15.0. The van der Waals surface area contributed by atoms with Gasteiger partial charge in [0.1, 0.15) is 5.82 Å². The van der Waals surface area contributed by atoms with Crippen molar-refractivity contribution in [2.45, 2.75) is 13.0 Å². The Labute approximate surface area is 159 Å². The third-order valence-corrected chi connectivity index (χ3v) is 3.97. The Bertz CT molecular complexity index is 915. The molecule has 2 aromatic carbocycles. The molecule has 1 heterocycles. The van der Waals surface area contributed by atoms with Crippen LogP contribution in [0.5, 0.6) is 11.5 Å². The molecule has 1 atom stereocenters. The number of fused-ring (bicyclic) bond motifs is 1. The fourth-order valence-corrected chi connectivity index (χ4v) is 2.49. The van der Waals surface area contributed by atoms with Gasteiger partial charge in [-0.15, -0.1) is 0 Å². The number of halogens is 2. The third-order valence-electron chi connectivity index (χ3n) is 3.66. The second kappa shape index (κ2) is 8.09. The van der Waals surface area contributed by atoms with Crippen LogP contribution in [0.3, 0.4) is 0 Å². The minimum atomic E-state index is -1.07. The van der Waals surface area contributed by atoms with Crippen molar-refractivity contribution < 1.29 is 28.2 Å². The summed E-state index contributed by atoms with van der Waals surface area (Å²) in [5.74, 6) is -0.575. The molecule has 0 bridgehead atoms. The van der Waals surface area contributed by atoms with Crippen molar-refractivity contribution in [1.82, 2.24) is 0 Å². The van der Waals surface area contributed by atoms with E-state index in [9.17, 15) is 14.0 Å². The molecule has 1 amide bonds. The highest BCUT2D eigenvalue weighted by atomic mass is 35.5. The van der Waals surface area contributed by atoms with Crippen LogP contribution in [0.1, 0.15) is 12.5 Å². The Morgan fingerprint density at radius 1 is 1.22 bits per heavy atom. The van der Waals surface area contributed by atoms with Crippen LogP contribution in [-0.4, -0.2) is 24.8 Å². The quantitative estimate of drug-likeness (QED) is 0.620. The standard InChI is InChI=1S/C19H15ClFNO5/c1-11(19(24)22-15-5-4-13(21)9-14(15)20)27-18(23)7-3-12-2-6-16-17(8-12)26-10-25-16/h2-9,11H,10H2,1H3,(H,22,24)/b7-3+/t11-/m1/s1. The van der Waals surface area contributed by atoms with E-state index in [-0.39, 0.29) is 17.5 Å². The van der Waals surface area contributed by atoms with Crippen molar-refractivity contribution in [1.29, 1.82) is 0 Å². The Kier molecular flexibility index (Phi) is 5.61. The number of amides is 1. The van der Waals surface area contributed by atoms with Crippen LogP contribution in [0.2, 0.25) is 5.02 Å². The summed E-state index contributed by atoms with van der Waals surface area (Å²) in [5.41, 5.74) is 0.938. The molecule has 0 spiro atoms. The molecule has 0 radical (unpaired) electrons. The van der Waals surface area contributed by atoms with Gasteiger partial charge in [-0.3, -0.25) is 4.79 Å². The molecular weight excluding hydrogens is 377 g/mol. The van der Waals surface area contributed by atoms with Gasteiger partial charge in [0.15, 0.2) is 17.6 Å². The maximum atomic E-state index is 13.0. The van der Waals surface area contributed by atoms with E-state index >= 15 is 0 Å². The van der Waals surface area contributed by atoms with Crippen molar-refractivity contribution in [3.63, 3.8) is 0 Å². The number of hydrogen-bond acceptors (Lipinski definition) is 5. The summed E-state index contributed by atoms with van der Waals surface area (Å²) < 4.78 is 28.5. The van der Waals surface area contributed by atoms with Gasteiger partial charge in [0.05, 0.1) is 10.7 Å². The fraction of sp³-hybridized carbons (Fsp3) is 0.158. The molecule has 0 fully saturated rings. The van der Waals surface area contributed by atoms with Gasteiger partial charge < -0.3 is 19.5 Å². The molecule has 0 unspecified atom stereocenters. The van der Waals surface area contributed by atoms with Crippen molar-refractivity contribution >= 4 is 35.2 Å². The molecule has 0 saturated heterocycles. The zero-order chi connectivity index (χ0) is 19.4. The third kappa shape index (κ3) is 4.77. The molecule has 1 aliphatic rings. The van der Waals surface area contributed by atoms with Gasteiger partial charge in [-0.2, -0.15) is 0 Å². The lowest BCUT2D eigenvalue weighted by Gasteiger charge is -2.13. The van der Waals surface area contributed by atoms with Crippen LogP contribution in [0.4, 0.5) is 10.1 Å². The van der Waals surface area contributed by atoms with E-state index in [4.69, 9.17) is 25.8 Å². The largest absolute Gasteiger partial charge is 0.454 e. The summed E-state index contributed by atoms with van der Waals surface area (Å²) in [6, 6.07) is 8.76. The average molecular weight is 392 g/mol. The van der Waals surface area contributed by atoms with Crippen LogP contribution < -0.4 is 14.8 Å². The van der Waals surface area contributed by atoms with Gasteiger partial charge >= 0.3 is 5.97 Å². The Morgan fingerprint density at radius 2 is 2.00 bits per heavy atom. The first kappa shape index (κ1) is 18.7. The number of anilines is 1. The lowest BCUT2D eigenvalue weighted by molar-refractivity contribution is -0.148. The van der Waals surface area contributed by atoms with Crippen LogP contribution >= 0.6 is 11.6 Å². The first-order valence-corrected chi connectivity index (χ1v) is 8.34. The second-order valence-corrected chi connectivity index (χ2v) is 6.05. The predicted molar refractivity (Wildman–Crippen MR) is 97.2 cm³/mol. The molecule has 27 heavy (non-hydrogen) atoms. The summed E-state index contributed by atoms with van der Waals surface area (Å²) in [5, 5.41) is 2.52. The smallest absolute Gasteiger partial charge is 0.331 e. The summed E-state index contributed by atoms with van der Waals surface area (Å²) in [4.78, 5) is 24.0. The lowest BCUT2D eigenvalue weighted by Crippen LogP contribution is -2.29. The number of nitrogens with one attached hydrogen (secondary N) is 1. The molecule has 0 saturated carbocycles. The zero-order valence-electron chi connectivity index (χ0n) is 14.2. The highest BCUT2D eigenvalue weighted by Crippen LogP contribution is 2.32. The molecule has 1 aliphatic heterocycles. The molecule has 0 aromatic heterocycles. The van der Waals surface area contributed by atoms with Crippen molar-refractivity contribution in [3.05, 3.63) is 58.9 Å². The van der Waals surface area contributed by atoms with Gasteiger partial charge in [0.25, 0.3) is 5.91 Å². The highest BCUT2D eigenvalue weighted by molar-refractivity contribution is 6.33. The minimum Gasteiger partial charge on any atom is -0.454 e. The van der Waals surface area contributed by atoms with Crippen LogP contribution in [-0.2, 0) is 14.3 Å². The van der Waals surface area contributed by atoms with Gasteiger partial charge in [-0.05, 0) is 48.9 Å². The van der Waals surface area contributed by atoms with Crippen LogP contribution in [0, 0.1) is 5.82 Å². The van der Waals surface area contributed by atoms with E-state index in [0.717, 1.165) is 12.1 Å². The van der Waals surface area contributed by atoms with Crippen LogP contribution in [0.25, 0.3) is 6.08 Å². The van der Waals surface area contributed by atoms with E-state index < -0.39 is 23.8 Å². The molecule has 0 aliphatic carbocycles. The van der Waals surface area contributed by atoms with E-state index in [1.54, 1.807) is 18.2 Å². The Hall–Kier alpha value is -3.06. The molecule has 6 nitrogen and oxygen atoms in total. The van der Waals surface area contributed by atoms with Crippen molar-refractivity contribution in [2.24, 2.45) is 0 Å². The SMILES string of the molecule is C[C@@H](OC(=O)/C=C/c1ccc2c(c1)OCO2)C(=O)Nc1ccc(F)cc1Cl. The second-order valence-electron chi connectivity index (χ2n) is 5.64. The lowest BCUT2D eigenvalue weighted by atomic mass is 10.2. The summed E-state index contributed by atoms with van der Waals surface area (Å²) in [6.07, 6.45) is 1.66. The molecule has 8 heteroatoms. The first-order valence-electron chi connectivity index (χ1n) is 7.96. The summed E-state index contributed by atoms with van der Waals surface area (Å²) >= 11 is 5.85. The molecule has 2 aromatic rings. The Morgan fingerprint density at radius 3 is 2.78 bits per heavy atom. The van der Waals surface area contributed by atoms with E-state index in [0.29, 0.717) is 17.1 Å². The summed E-state index contributed by atoms with van der Waals surface area (Å²) in [7, 11) is 0. The molecule has 3 rings (SSSR count). The molecular formula is C19H15ClFNO5. The number of ether oxygens (including phenoxy) is 3. The van der Waals surface area contributed by atoms with Crippen molar-refractivity contribution in [2.75, 3.05) is 12.1 Å². The minimum absolute atomic E-state index is 0.0459. The monoisotopic (exact) mass is 391 g/mol. The van der Waals surface area contributed by atoms with Crippen molar-refractivity contribution in [3.8, 4) is 11.5 Å². The van der Waals surface area contributed by atoms with Crippen LogP contribution in [0.15, 0.2) is 42.5 Å². The van der Waals surface area contributed by atoms with Gasteiger partial charge in [-0.1, -0.05) is 17.7 Å². The maximum Gasteiger partial charge on any atom is 0.331 e. The number of esters is 1. The number of carbonyl (C=O) groups excluding carboxylic acids is 2. The normalized spacial score (nSPS) is 13.4. The number of hydrogen-bond donors (Lipinski definition) is 1. The highest BCUT2D eigenvalue weighted by Gasteiger charge is 2.18. The van der Waals surface area contributed by atoms with E-state index in [1.807, 2.05) is 0 Å². The van der Waals surface area contributed by atoms with Gasteiger partial charge in [0.2, 0.25) is 6.79 Å². The fourth-order valence-electron chi connectivity index (χ4n) is 2.27. The summed E-state index contributed by atoms with van der Waals surface area (Å²) in [6.45, 7) is 1.58. The maximum absolute atomic E-state index is 13.0. The Balaban J connectivity index is 1.55. The predicted octanol–water partition coefficient (Wildman–Crippen LogP) is 3.79. The van der Waals surface area contributed by atoms with Gasteiger partial charge in [0, 0.05) is 6.08 Å². The molecule has 140 valence electrons. The molecule has 1 N–H and O–H groups in total. The topological polar surface area (TPSA) is 73.9 Å².